The third-order valence-corrected chi connectivity index (χ3v) is 10.1. The number of aromatic nitrogens is 4. The van der Waals surface area contributed by atoms with Crippen molar-refractivity contribution in [3.8, 4) is 34.1 Å². The van der Waals surface area contributed by atoms with E-state index >= 15 is 0 Å². The van der Waals surface area contributed by atoms with E-state index in [0.29, 0.717) is 17.4 Å². The molecule has 0 fully saturated rings. The van der Waals surface area contributed by atoms with Crippen molar-refractivity contribution in [3.05, 3.63) is 131 Å². The molecule has 0 N–H and O–H groups in total. The first-order valence-corrected chi connectivity index (χ1v) is 18.3. The zero-order valence-electron chi connectivity index (χ0n) is 31.6. The Morgan fingerprint density at radius 2 is 1.62 bits per heavy atom. The molecular formula is C46H48N4OPt. The molecule has 1 atom stereocenters. The van der Waals surface area contributed by atoms with Crippen LogP contribution < -0.4 is 4.74 Å². The molecule has 0 aliphatic carbocycles. The van der Waals surface area contributed by atoms with E-state index in [0.717, 1.165) is 61.6 Å². The predicted octanol–water partition coefficient (Wildman–Crippen LogP) is 12.3. The van der Waals surface area contributed by atoms with Crippen molar-refractivity contribution in [3.63, 3.8) is 0 Å². The third-order valence-electron chi connectivity index (χ3n) is 10.1. The van der Waals surface area contributed by atoms with Gasteiger partial charge >= 0.3 is 21.1 Å². The second kappa shape index (κ2) is 15.2. The van der Waals surface area contributed by atoms with Crippen LogP contribution in [-0.2, 0) is 26.5 Å². The molecule has 3 aromatic heterocycles. The molecule has 0 amide bonds. The van der Waals surface area contributed by atoms with Crippen LogP contribution >= 0.6 is 0 Å². The maximum Gasteiger partial charge on any atom is 2.00 e. The molecule has 7 rings (SSSR count). The van der Waals surface area contributed by atoms with Gasteiger partial charge in [-0.25, -0.2) is 4.98 Å². The van der Waals surface area contributed by atoms with E-state index in [1.54, 1.807) is 0 Å². The number of rotatable bonds is 10. The fraction of sp³-hybridized carbons (Fsp3) is 0.304. The quantitative estimate of drug-likeness (QED) is 0.102. The maximum atomic E-state index is 6.69. The SMILES string of the molecule is CCCCCC(C)c1ccc2c(c1)c1ccc(Oc3[c-]c(-n4nc(C)c(-c5ccccc5)c4C)cc(C(C)(C)C)c3)[c-]c1n2-c1cc(C)ccn1.[Pt+2]. The Morgan fingerprint density at radius 3 is 2.35 bits per heavy atom. The van der Waals surface area contributed by atoms with Crippen molar-refractivity contribution in [2.24, 2.45) is 0 Å². The van der Waals surface area contributed by atoms with Gasteiger partial charge in [0.05, 0.1) is 5.69 Å². The molecule has 52 heavy (non-hydrogen) atoms. The van der Waals surface area contributed by atoms with E-state index in [4.69, 9.17) is 14.8 Å². The van der Waals surface area contributed by atoms with Crippen molar-refractivity contribution < 1.29 is 25.8 Å². The van der Waals surface area contributed by atoms with Crippen molar-refractivity contribution in [1.29, 1.82) is 0 Å². The van der Waals surface area contributed by atoms with Gasteiger partial charge in [-0.15, -0.1) is 41.3 Å². The molecule has 0 aliphatic rings. The summed E-state index contributed by atoms with van der Waals surface area (Å²) in [6.07, 6.45) is 6.83. The summed E-state index contributed by atoms with van der Waals surface area (Å²) in [5.74, 6) is 2.61. The molecule has 268 valence electrons. The molecule has 0 aliphatic heterocycles. The number of ether oxygens (including phenoxy) is 1. The molecule has 1 unspecified atom stereocenters. The Morgan fingerprint density at radius 1 is 0.827 bits per heavy atom. The van der Waals surface area contributed by atoms with Crippen LogP contribution in [0.1, 0.15) is 94.3 Å². The monoisotopic (exact) mass is 867 g/mol. The van der Waals surface area contributed by atoms with Crippen LogP contribution in [0.4, 0.5) is 0 Å². The zero-order valence-corrected chi connectivity index (χ0v) is 33.9. The standard InChI is InChI=1S/C46H48N4O.Pt/c1-9-10-12-15-31(3)35-18-21-42-41(25-35)40-20-19-38(29-43(40)49(42)44-24-30(2)22-23-47-44)51-39-27-36(46(6,7)8)26-37(28-39)50-33(5)45(32(4)48-50)34-16-13-11-14-17-34;/h11,13-14,16-27,31H,9-10,12,15H2,1-8H3;/q-2;+2. The van der Waals surface area contributed by atoms with Gasteiger partial charge in [-0.3, -0.25) is 4.68 Å². The van der Waals surface area contributed by atoms with Gasteiger partial charge in [-0.2, -0.15) is 11.2 Å². The molecule has 5 nitrogen and oxygen atoms in total. The number of fused-ring (bicyclic) bond motifs is 3. The average Bonchev–Trinajstić information content (AvgIpc) is 3.60. The second-order valence-corrected chi connectivity index (χ2v) is 15.1. The van der Waals surface area contributed by atoms with Crippen LogP contribution in [-0.4, -0.2) is 19.3 Å². The molecule has 0 saturated heterocycles. The minimum Gasteiger partial charge on any atom is -0.509 e. The smallest absolute Gasteiger partial charge is 0.509 e. The summed E-state index contributed by atoms with van der Waals surface area (Å²) in [5.41, 5.74) is 10.8. The van der Waals surface area contributed by atoms with Crippen LogP contribution in [0.25, 0.3) is 44.4 Å². The number of hydrogen-bond donors (Lipinski definition) is 0. The fourth-order valence-electron chi connectivity index (χ4n) is 7.20. The van der Waals surface area contributed by atoms with Gasteiger partial charge in [-0.1, -0.05) is 102 Å². The van der Waals surface area contributed by atoms with Crippen LogP contribution in [0.15, 0.2) is 91.1 Å². The van der Waals surface area contributed by atoms with Crippen molar-refractivity contribution in [1.82, 2.24) is 19.3 Å². The summed E-state index contributed by atoms with van der Waals surface area (Å²) in [5, 5.41) is 7.34. The predicted molar refractivity (Wildman–Crippen MR) is 211 cm³/mol. The first-order valence-electron chi connectivity index (χ1n) is 18.3. The molecule has 0 bridgehead atoms. The van der Waals surface area contributed by atoms with Gasteiger partial charge in [0.25, 0.3) is 0 Å². The van der Waals surface area contributed by atoms with Gasteiger partial charge in [0, 0.05) is 34.5 Å². The Balaban J connectivity index is 0.00000464. The Bertz CT molecular complexity index is 2350. The molecular weight excluding hydrogens is 820 g/mol. The second-order valence-electron chi connectivity index (χ2n) is 15.1. The summed E-state index contributed by atoms with van der Waals surface area (Å²) in [6, 6.07) is 37.2. The number of pyridine rings is 1. The number of aryl methyl sites for hydroxylation is 2. The third kappa shape index (κ3) is 7.39. The van der Waals surface area contributed by atoms with Gasteiger partial charge in [0.1, 0.15) is 5.82 Å². The van der Waals surface area contributed by atoms with Crippen molar-refractivity contribution in [2.45, 2.75) is 92.4 Å². The van der Waals surface area contributed by atoms with Gasteiger partial charge < -0.3 is 9.30 Å². The topological polar surface area (TPSA) is 44.9 Å². The van der Waals surface area contributed by atoms with Gasteiger partial charge in [0.15, 0.2) is 0 Å². The first kappa shape index (κ1) is 37.3. The molecule has 3 heterocycles. The largest absolute Gasteiger partial charge is 2.00 e. The summed E-state index contributed by atoms with van der Waals surface area (Å²) in [6.45, 7) is 17.6. The number of benzene rings is 4. The summed E-state index contributed by atoms with van der Waals surface area (Å²) < 4.78 is 10.9. The van der Waals surface area contributed by atoms with Gasteiger partial charge in [-0.05, 0) is 84.5 Å². The molecule has 0 saturated carbocycles. The zero-order chi connectivity index (χ0) is 35.9. The fourth-order valence-corrected chi connectivity index (χ4v) is 7.20. The molecule has 4 aromatic carbocycles. The van der Waals surface area contributed by atoms with E-state index in [9.17, 15) is 0 Å². The first-order chi connectivity index (χ1) is 24.5. The number of hydrogen-bond acceptors (Lipinski definition) is 3. The Labute approximate surface area is 323 Å². The average molecular weight is 868 g/mol. The van der Waals surface area contributed by atoms with E-state index in [1.165, 1.54) is 36.6 Å². The molecule has 6 heteroatoms. The van der Waals surface area contributed by atoms with Crippen molar-refractivity contribution in [2.75, 3.05) is 0 Å². The minimum absolute atomic E-state index is 0. The Kier molecular flexibility index (Phi) is 10.9. The molecule has 0 spiro atoms. The van der Waals surface area contributed by atoms with Crippen LogP contribution in [0.3, 0.4) is 0 Å². The van der Waals surface area contributed by atoms with Crippen LogP contribution in [0.2, 0.25) is 0 Å². The van der Waals surface area contributed by atoms with E-state index in [1.807, 2.05) is 29.1 Å². The maximum absolute atomic E-state index is 6.69. The van der Waals surface area contributed by atoms with Crippen molar-refractivity contribution >= 4 is 21.8 Å². The van der Waals surface area contributed by atoms with E-state index < -0.39 is 0 Å². The van der Waals surface area contributed by atoms with E-state index in [-0.39, 0.29) is 26.5 Å². The Hall–Kier alpha value is -4.47. The van der Waals surface area contributed by atoms with E-state index in [2.05, 4.69) is 139 Å². The van der Waals surface area contributed by atoms with Crippen LogP contribution in [0, 0.1) is 32.9 Å². The summed E-state index contributed by atoms with van der Waals surface area (Å²) in [7, 11) is 0. The summed E-state index contributed by atoms with van der Waals surface area (Å²) in [4.78, 5) is 4.81. The molecule has 7 aromatic rings. The van der Waals surface area contributed by atoms with Crippen LogP contribution in [0.5, 0.6) is 11.5 Å². The minimum atomic E-state index is -0.122. The summed E-state index contributed by atoms with van der Waals surface area (Å²) >= 11 is 0. The number of unbranched alkanes of at least 4 members (excludes halogenated alkanes) is 2. The van der Waals surface area contributed by atoms with Gasteiger partial charge in [0.2, 0.25) is 0 Å². The molecule has 0 radical (unpaired) electrons. The normalized spacial score (nSPS) is 12.3. The number of nitrogens with zero attached hydrogens (tertiary/aromatic N) is 4.